The number of amides is 2. The molecule has 1 unspecified atom stereocenters. The van der Waals surface area contributed by atoms with Crippen LogP contribution in [-0.4, -0.2) is 78.6 Å². The molecule has 9 heteroatoms. The average Bonchev–Trinajstić information content (AvgIpc) is 3.54. The third-order valence-corrected chi connectivity index (χ3v) is 8.03. The van der Waals surface area contributed by atoms with Gasteiger partial charge in [-0.25, -0.2) is 14.6 Å². The van der Waals surface area contributed by atoms with Crippen molar-refractivity contribution in [2.45, 2.75) is 37.2 Å². The molecule has 3 aliphatic heterocycles. The Bertz CT molecular complexity index is 1200. The van der Waals surface area contributed by atoms with E-state index in [2.05, 4.69) is 9.88 Å². The fraction of sp³-hybridized carbons (Fsp3) is 0.481. The number of likely N-dealkylation sites (tertiary alicyclic amines) is 1. The third-order valence-electron chi connectivity index (χ3n) is 8.03. The number of carbonyl (C=O) groups excluding carboxylic acids is 3. The SMILES string of the molecule is CCOC(=O)N1CCN(c2ccc(C3(C(=O)N4CCC5(C4)OC(=O)c4ccccc45)CC3)cn2)CC1. The maximum atomic E-state index is 13.7. The van der Waals surface area contributed by atoms with Crippen LogP contribution in [0.3, 0.4) is 0 Å². The summed E-state index contributed by atoms with van der Waals surface area (Å²) in [7, 11) is 0. The largest absolute Gasteiger partial charge is 0.450 e. The van der Waals surface area contributed by atoms with Crippen molar-refractivity contribution in [3.63, 3.8) is 0 Å². The first kappa shape index (κ1) is 22.8. The van der Waals surface area contributed by atoms with Crippen molar-refractivity contribution in [1.29, 1.82) is 0 Å². The quantitative estimate of drug-likeness (QED) is 0.609. The Labute approximate surface area is 210 Å². The molecule has 2 aromatic rings. The van der Waals surface area contributed by atoms with Crippen LogP contribution in [0.15, 0.2) is 42.6 Å². The molecule has 4 aliphatic rings. The molecule has 36 heavy (non-hydrogen) atoms. The van der Waals surface area contributed by atoms with Gasteiger partial charge in [-0.1, -0.05) is 24.3 Å². The molecule has 0 radical (unpaired) electrons. The number of benzene rings is 1. The Hall–Kier alpha value is -3.62. The summed E-state index contributed by atoms with van der Waals surface area (Å²) in [6.07, 6.45) is 3.77. The molecule has 9 nitrogen and oxygen atoms in total. The Morgan fingerprint density at radius 1 is 1.00 bits per heavy atom. The van der Waals surface area contributed by atoms with Gasteiger partial charge in [0.1, 0.15) is 5.82 Å². The van der Waals surface area contributed by atoms with Gasteiger partial charge in [0.15, 0.2) is 5.60 Å². The fourth-order valence-electron chi connectivity index (χ4n) is 5.85. The lowest BCUT2D eigenvalue weighted by Gasteiger charge is -2.34. The Balaban J connectivity index is 1.13. The van der Waals surface area contributed by atoms with Crippen LogP contribution < -0.4 is 4.90 Å². The van der Waals surface area contributed by atoms with Crippen LogP contribution >= 0.6 is 0 Å². The van der Waals surface area contributed by atoms with Crippen LogP contribution in [0.5, 0.6) is 0 Å². The standard InChI is InChI=1S/C27H30N4O5/c1-2-35-25(34)30-15-13-29(14-16-30)22-8-7-19(17-28-22)26(9-10-26)24(33)31-12-11-27(18-31)21-6-4-3-5-20(21)23(32)36-27/h3-8,17H,2,9-16,18H2,1H3. The molecule has 1 aliphatic carbocycles. The Morgan fingerprint density at radius 2 is 1.78 bits per heavy atom. The monoisotopic (exact) mass is 490 g/mol. The molecule has 1 aromatic heterocycles. The van der Waals surface area contributed by atoms with Crippen molar-refractivity contribution in [3.05, 3.63) is 59.3 Å². The van der Waals surface area contributed by atoms with E-state index >= 15 is 0 Å². The van der Waals surface area contributed by atoms with Gasteiger partial charge in [-0.2, -0.15) is 0 Å². The highest BCUT2D eigenvalue weighted by Gasteiger charge is 2.57. The maximum absolute atomic E-state index is 13.7. The van der Waals surface area contributed by atoms with Gasteiger partial charge in [0.25, 0.3) is 0 Å². The number of nitrogens with zero attached hydrogens (tertiary/aromatic N) is 4. The number of fused-ring (bicyclic) bond motifs is 2. The number of piperazine rings is 1. The predicted molar refractivity (Wildman–Crippen MR) is 131 cm³/mol. The van der Waals surface area contributed by atoms with Gasteiger partial charge in [-0.3, -0.25) is 4.79 Å². The predicted octanol–water partition coefficient (Wildman–Crippen LogP) is 2.69. The lowest BCUT2D eigenvalue weighted by molar-refractivity contribution is -0.134. The van der Waals surface area contributed by atoms with E-state index in [0.29, 0.717) is 57.9 Å². The number of hydrogen-bond donors (Lipinski definition) is 0. The first-order valence-corrected chi connectivity index (χ1v) is 12.7. The van der Waals surface area contributed by atoms with Crippen molar-refractivity contribution in [2.75, 3.05) is 50.8 Å². The topological polar surface area (TPSA) is 92.3 Å². The second-order valence-corrected chi connectivity index (χ2v) is 10.1. The number of hydrogen-bond acceptors (Lipinski definition) is 7. The zero-order valence-corrected chi connectivity index (χ0v) is 20.4. The van der Waals surface area contributed by atoms with Gasteiger partial charge in [0.2, 0.25) is 5.91 Å². The van der Waals surface area contributed by atoms with Gasteiger partial charge in [-0.15, -0.1) is 0 Å². The van der Waals surface area contributed by atoms with Crippen molar-refractivity contribution in [3.8, 4) is 0 Å². The van der Waals surface area contributed by atoms with Crippen LogP contribution in [-0.2, 0) is 25.3 Å². The molecule has 1 aromatic carbocycles. The van der Waals surface area contributed by atoms with Crippen LogP contribution in [0.4, 0.5) is 10.6 Å². The first-order chi connectivity index (χ1) is 17.5. The summed E-state index contributed by atoms with van der Waals surface area (Å²) in [4.78, 5) is 48.5. The van der Waals surface area contributed by atoms with Crippen molar-refractivity contribution < 1.29 is 23.9 Å². The zero-order chi connectivity index (χ0) is 24.9. The molecular weight excluding hydrogens is 460 g/mol. The molecule has 1 saturated carbocycles. The maximum Gasteiger partial charge on any atom is 0.409 e. The molecule has 0 N–H and O–H groups in total. The summed E-state index contributed by atoms with van der Waals surface area (Å²) < 4.78 is 10.9. The number of esters is 1. The average molecular weight is 491 g/mol. The smallest absolute Gasteiger partial charge is 0.409 e. The number of anilines is 1. The molecule has 2 saturated heterocycles. The van der Waals surface area contributed by atoms with Gasteiger partial charge < -0.3 is 24.2 Å². The minimum absolute atomic E-state index is 0.0948. The van der Waals surface area contributed by atoms with Gasteiger partial charge in [-0.05, 0) is 37.5 Å². The van der Waals surface area contributed by atoms with E-state index in [-0.39, 0.29) is 18.0 Å². The Morgan fingerprint density at radius 3 is 2.47 bits per heavy atom. The molecule has 1 atom stereocenters. The molecule has 2 amide bonds. The summed E-state index contributed by atoms with van der Waals surface area (Å²) in [6.45, 7) is 5.70. The second-order valence-electron chi connectivity index (χ2n) is 10.1. The molecule has 1 spiro atoms. The van der Waals surface area contributed by atoms with E-state index in [0.717, 1.165) is 29.8 Å². The highest BCUT2D eigenvalue weighted by molar-refractivity contribution is 5.96. The van der Waals surface area contributed by atoms with E-state index in [9.17, 15) is 14.4 Å². The van der Waals surface area contributed by atoms with E-state index in [1.54, 1.807) is 17.9 Å². The lowest BCUT2D eigenvalue weighted by atomic mass is 9.91. The third kappa shape index (κ3) is 3.60. The number of rotatable bonds is 4. The van der Waals surface area contributed by atoms with Crippen LogP contribution in [0.2, 0.25) is 0 Å². The zero-order valence-electron chi connectivity index (χ0n) is 20.4. The van der Waals surface area contributed by atoms with E-state index in [1.165, 1.54) is 0 Å². The molecule has 3 fully saturated rings. The van der Waals surface area contributed by atoms with Gasteiger partial charge >= 0.3 is 12.1 Å². The molecular formula is C27H30N4O5. The van der Waals surface area contributed by atoms with Crippen molar-refractivity contribution >= 4 is 23.8 Å². The fourth-order valence-corrected chi connectivity index (χ4v) is 5.85. The van der Waals surface area contributed by atoms with Crippen molar-refractivity contribution in [1.82, 2.24) is 14.8 Å². The van der Waals surface area contributed by atoms with Crippen LogP contribution in [0.25, 0.3) is 0 Å². The molecule has 0 bridgehead atoms. The Kier molecular flexibility index (Phi) is 5.39. The summed E-state index contributed by atoms with van der Waals surface area (Å²) in [6, 6.07) is 11.5. The van der Waals surface area contributed by atoms with Crippen LogP contribution in [0.1, 0.15) is 47.7 Å². The number of ether oxygens (including phenoxy) is 2. The summed E-state index contributed by atoms with van der Waals surface area (Å²) in [5.74, 6) is 0.640. The number of carbonyl (C=O) groups is 3. The summed E-state index contributed by atoms with van der Waals surface area (Å²) in [5, 5.41) is 0. The van der Waals surface area contributed by atoms with Crippen LogP contribution in [0, 0.1) is 0 Å². The number of aromatic nitrogens is 1. The summed E-state index contributed by atoms with van der Waals surface area (Å²) in [5.41, 5.74) is 1.17. The highest BCUT2D eigenvalue weighted by atomic mass is 16.6. The minimum Gasteiger partial charge on any atom is -0.450 e. The molecule has 6 rings (SSSR count). The first-order valence-electron chi connectivity index (χ1n) is 12.7. The summed E-state index contributed by atoms with van der Waals surface area (Å²) >= 11 is 0. The van der Waals surface area contributed by atoms with Gasteiger partial charge in [0, 0.05) is 50.9 Å². The normalized spacial score (nSPS) is 24.0. The van der Waals surface area contributed by atoms with Crippen molar-refractivity contribution in [2.24, 2.45) is 0 Å². The van der Waals surface area contributed by atoms with E-state index < -0.39 is 11.0 Å². The van der Waals surface area contributed by atoms with E-state index in [4.69, 9.17) is 9.47 Å². The van der Waals surface area contributed by atoms with E-state index in [1.807, 2.05) is 41.4 Å². The molecule has 4 heterocycles. The highest BCUT2D eigenvalue weighted by Crippen LogP contribution is 2.52. The molecule has 188 valence electrons. The van der Waals surface area contributed by atoms with Gasteiger partial charge in [0.05, 0.1) is 24.1 Å². The minimum atomic E-state index is -0.729. The lowest BCUT2D eigenvalue weighted by Crippen LogP contribution is -2.49. The number of pyridine rings is 1. The second kappa shape index (κ2) is 8.50.